The number of amides is 1. The Balaban J connectivity index is 1.71. The number of ketones is 1. The van der Waals surface area contributed by atoms with Gasteiger partial charge >= 0.3 is 0 Å². The lowest BCUT2D eigenvalue weighted by Gasteiger charge is -2.20. The zero-order chi connectivity index (χ0) is 22.1. The van der Waals surface area contributed by atoms with Crippen LogP contribution in [-0.2, 0) is 22.4 Å². The predicted molar refractivity (Wildman–Crippen MR) is 121 cm³/mol. The maximum atomic E-state index is 13.1. The van der Waals surface area contributed by atoms with Crippen LogP contribution in [0.3, 0.4) is 0 Å². The minimum atomic E-state index is -0.684. The fraction of sp³-hybridized carbons (Fsp3) is 0.333. The van der Waals surface area contributed by atoms with Crippen molar-refractivity contribution in [2.75, 3.05) is 6.54 Å². The standard InChI is InChI=1S/C24H29N5O2/c25-14-6-9-19(26)24(31)29-22(13-12-17-7-2-1-3-8-17)23(30)15-18-16-27-20-10-4-5-11-21(20)28-18/h1-5,7-8,10-11,16,19,22H,6,9,12-15,25-26H2,(H,29,31)/t19-,22+/m0/s1. The van der Waals surface area contributed by atoms with E-state index in [4.69, 9.17) is 11.5 Å². The van der Waals surface area contributed by atoms with E-state index in [1.54, 1.807) is 6.20 Å². The summed E-state index contributed by atoms with van der Waals surface area (Å²) in [6.07, 6.45) is 4.00. The minimum Gasteiger partial charge on any atom is -0.345 e. The van der Waals surface area contributed by atoms with Gasteiger partial charge in [0.15, 0.2) is 5.78 Å². The summed E-state index contributed by atoms with van der Waals surface area (Å²) in [5.41, 5.74) is 14.7. The van der Waals surface area contributed by atoms with Crippen molar-refractivity contribution in [3.05, 3.63) is 72.1 Å². The normalized spacial score (nSPS) is 13.0. The van der Waals surface area contributed by atoms with E-state index in [1.807, 2.05) is 54.6 Å². The second-order valence-corrected chi connectivity index (χ2v) is 7.62. The number of rotatable bonds is 11. The molecule has 3 rings (SSSR count). The van der Waals surface area contributed by atoms with Crippen LogP contribution in [-0.4, -0.2) is 40.3 Å². The summed E-state index contributed by atoms with van der Waals surface area (Å²) in [6.45, 7) is 0.470. The third-order valence-corrected chi connectivity index (χ3v) is 5.18. The van der Waals surface area contributed by atoms with Crippen LogP contribution in [0, 0.1) is 0 Å². The largest absolute Gasteiger partial charge is 0.345 e. The van der Waals surface area contributed by atoms with E-state index in [0.717, 1.165) is 16.6 Å². The highest BCUT2D eigenvalue weighted by Gasteiger charge is 2.24. The number of nitrogens with one attached hydrogen (secondary N) is 1. The molecule has 31 heavy (non-hydrogen) atoms. The monoisotopic (exact) mass is 419 g/mol. The lowest BCUT2D eigenvalue weighted by atomic mass is 9.99. The average Bonchev–Trinajstić information content (AvgIpc) is 2.80. The van der Waals surface area contributed by atoms with Crippen LogP contribution in [0.15, 0.2) is 60.8 Å². The SMILES string of the molecule is NCCC[C@H](N)C(=O)N[C@H](CCc1ccccc1)C(=O)Cc1cnc2ccccc2n1. The van der Waals surface area contributed by atoms with E-state index >= 15 is 0 Å². The van der Waals surface area contributed by atoms with Crippen LogP contribution < -0.4 is 16.8 Å². The summed E-state index contributed by atoms with van der Waals surface area (Å²) in [5.74, 6) is -0.440. The fourth-order valence-corrected chi connectivity index (χ4v) is 3.40. The molecule has 0 aliphatic rings. The van der Waals surface area contributed by atoms with E-state index in [-0.39, 0.29) is 18.1 Å². The molecule has 0 aliphatic carbocycles. The van der Waals surface area contributed by atoms with Crippen molar-refractivity contribution in [3.63, 3.8) is 0 Å². The van der Waals surface area contributed by atoms with Crippen LogP contribution >= 0.6 is 0 Å². The van der Waals surface area contributed by atoms with Gasteiger partial charge in [0.05, 0.1) is 35.2 Å². The number of Topliss-reactive ketones (excluding diaryl/α,β-unsaturated/α-hetero) is 1. The number of hydrogen-bond donors (Lipinski definition) is 3. The highest BCUT2D eigenvalue weighted by molar-refractivity contribution is 5.91. The molecule has 162 valence electrons. The van der Waals surface area contributed by atoms with Crippen molar-refractivity contribution in [2.24, 2.45) is 11.5 Å². The van der Waals surface area contributed by atoms with E-state index in [9.17, 15) is 9.59 Å². The van der Waals surface area contributed by atoms with Crippen molar-refractivity contribution in [2.45, 2.75) is 44.2 Å². The molecule has 0 saturated carbocycles. The Morgan fingerprint density at radius 2 is 1.68 bits per heavy atom. The van der Waals surface area contributed by atoms with Crippen LogP contribution in [0.4, 0.5) is 0 Å². The molecule has 7 nitrogen and oxygen atoms in total. The van der Waals surface area contributed by atoms with E-state index in [2.05, 4.69) is 15.3 Å². The number of nitrogens with two attached hydrogens (primary N) is 2. The molecule has 0 aliphatic heterocycles. The minimum absolute atomic E-state index is 0.0929. The fourth-order valence-electron chi connectivity index (χ4n) is 3.40. The predicted octanol–water partition coefficient (Wildman–Crippen LogP) is 1.93. The summed E-state index contributed by atoms with van der Waals surface area (Å²) in [7, 11) is 0. The highest BCUT2D eigenvalue weighted by atomic mass is 16.2. The highest BCUT2D eigenvalue weighted by Crippen LogP contribution is 2.12. The van der Waals surface area contributed by atoms with Gasteiger partial charge in [-0.05, 0) is 49.9 Å². The number of aryl methyl sites for hydroxylation is 1. The van der Waals surface area contributed by atoms with Gasteiger partial charge in [-0.3, -0.25) is 14.6 Å². The molecule has 0 saturated heterocycles. The number of carbonyl (C=O) groups is 2. The smallest absolute Gasteiger partial charge is 0.237 e. The van der Waals surface area contributed by atoms with Crippen LogP contribution in [0.2, 0.25) is 0 Å². The lowest BCUT2D eigenvalue weighted by molar-refractivity contribution is -0.128. The maximum absolute atomic E-state index is 13.1. The van der Waals surface area contributed by atoms with Gasteiger partial charge in [0.25, 0.3) is 0 Å². The molecular formula is C24H29N5O2. The zero-order valence-electron chi connectivity index (χ0n) is 17.5. The van der Waals surface area contributed by atoms with Gasteiger partial charge in [-0.2, -0.15) is 0 Å². The van der Waals surface area contributed by atoms with Gasteiger partial charge in [-0.1, -0.05) is 42.5 Å². The number of para-hydroxylation sites is 2. The number of aromatic nitrogens is 2. The Kier molecular flexibility index (Phi) is 8.20. The number of hydrogen-bond acceptors (Lipinski definition) is 6. The van der Waals surface area contributed by atoms with Crippen molar-refractivity contribution >= 4 is 22.7 Å². The number of nitrogens with zero attached hydrogens (tertiary/aromatic N) is 2. The molecule has 0 unspecified atom stereocenters. The molecule has 2 aromatic carbocycles. The second kappa shape index (κ2) is 11.3. The molecule has 7 heteroatoms. The van der Waals surface area contributed by atoms with Crippen molar-refractivity contribution in [3.8, 4) is 0 Å². The van der Waals surface area contributed by atoms with Gasteiger partial charge < -0.3 is 16.8 Å². The Hall–Kier alpha value is -3.16. The third-order valence-electron chi connectivity index (χ3n) is 5.18. The molecule has 0 radical (unpaired) electrons. The summed E-state index contributed by atoms with van der Waals surface area (Å²) >= 11 is 0. The van der Waals surface area contributed by atoms with E-state index in [1.165, 1.54) is 0 Å². The molecule has 2 atom stereocenters. The molecule has 0 spiro atoms. The summed E-state index contributed by atoms with van der Waals surface area (Å²) in [4.78, 5) is 34.6. The van der Waals surface area contributed by atoms with Crippen molar-refractivity contribution in [1.29, 1.82) is 0 Å². The molecule has 1 aromatic heterocycles. The first-order chi connectivity index (χ1) is 15.1. The molecule has 3 aromatic rings. The summed E-state index contributed by atoms with van der Waals surface area (Å²) in [6, 6.07) is 16.1. The first-order valence-electron chi connectivity index (χ1n) is 10.6. The summed E-state index contributed by atoms with van der Waals surface area (Å²) in [5, 5.41) is 2.85. The molecule has 1 heterocycles. The number of benzene rings is 2. The molecule has 0 fully saturated rings. The number of fused-ring (bicyclic) bond motifs is 1. The lowest BCUT2D eigenvalue weighted by Crippen LogP contribution is -2.49. The second-order valence-electron chi connectivity index (χ2n) is 7.62. The van der Waals surface area contributed by atoms with Crippen LogP contribution in [0.5, 0.6) is 0 Å². The van der Waals surface area contributed by atoms with Crippen LogP contribution in [0.25, 0.3) is 11.0 Å². The van der Waals surface area contributed by atoms with Crippen molar-refractivity contribution < 1.29 is 9.59 Å². The van der Waals surface area contributed by atoms with Gasteiger partial charge in [-0.25, -0.2) is 4.98 Å². The Morgan fingerprint density at radius 1 is 0.968 bits per heavy atom. The molecule has 5 N–H and O–H groups in total. The van der Waals surface area contributed by atoms with Crippen LogP contribution in [0.1, 0.15) is 30.5 Å². The summed E-state index contributed by atoms with van der Waals surface area (Å²) < 4.78 is 0. The van der Waals surface area contributed by atoms with Gasteiger partial charge in [0, 0.05) is 6.20 Å². The van der Waals surface area contributed by atoms with E-state index in [0.29, 0.717) is 37.9 Å². The van der Waals surface area contributed by atoms with E-state index < -0.39 is 12.1 Å². The average molecular weight is 420 g/mol. The Morgan fingerprint density at radius 3 is 2.42 bits per heavy atom. The van der Waals surface area contributed by atoms with Gasteiger partial charge in [-0.15, -0.1) is 0 Å². The topological polar surface area (TPSA) is 124 Å². The Bertz CT molecular complexity index is 1010. The van der Waals surface area contributed by atoms with Gasteiger partial charge in [0.2, 0.25) is 5.91 Å². The third kappa shape index (κ3) is 6.67. The first-order valence-corrected chi connectivity index (χ1v) is 10.6. The Labute approximate surface area is 182 Å². The number of carbonyl (C=O) groups excluding carboxylic acids is 2. The quantitative estimate of drug-likeness (QED) is 0.436. The molecular weight excluding hydrogens is 390 g/mol. The van der Waals surface area contributed by atoms with Gasteiger partial charge in [0.1, 0.15) is 0 Å². The molecule has 0 bridgehead atoms. The zero-order valence-corrected chi connectivity index (χ0v) is 17.5. The maximum Gasteiger partial charge on any atom is 0.237 e. The first kappa shape index (κ1) is 22.5. The molecule has 1 amide bonds. The van der Waals surface area contributed by atoms with Crippen molar-refractivity contribution in [1.82, 2.24) is 15.3 Å².